The van der Waals surface area contributed by atoms with Crippen molar-refractivity contribution in [1.82, 2.24) is 15.0 Å². The van der Waals surface area contributed by atoms with Crippen molar-refractivity contribution in [2.24, 2.45) is 0 Å². The SMILES string of the molecule is CCc1cnc(N[C@H]2CC[C@H](Oc3cccc4nc(C)cc(N)c34)CC2)nc1. The third-order valence-electron chi connectivity index (χ3n) is 5.37. The van der Waals surface area contributed by atoms with Crippen molar-refractivity contribution in [3.8, 4) is 5.75 Å². The highest BCUT2D eigenvalue weighted by Crippen LogP contribution is 2.33. The number of pyridine rings is 1. The van der Waals surface area contributed by atoms with E-state index in [4.69, 9.17) is 10.5 Å². The Balaban J connectivity index is 1.39. The van der Waals surface area contributed by atoms with Crippen LogP contribution in [0.2, 0.25) is 0 Å². The van der Waals surface area contributed by atoms with Gasteiger partial charge in [0.25, 0.3) is 0 Å². The molecule has 6 heteroatoms. The van der Waals surface area contributed by atoms with E-state index in [1.54, 1.807) is 0 Å². The van der Waals surface area contributed by atoms with Crippen LogP contribution in [0.5, 0.6) is 5.75 Å². The Labute approximate surface area is 165 Å². The minimum absolute atomic E-state index is 0.188. The molecule has 1 aliphatic rings. The van der Waals surface area contributed by atoms with Gasteiger partial charge in [-0.25, -0.2) is 9.97 Å². The molecule has 1 saturated carbocycles. The van der Waals surface area contributed by atoms with Crippen molar-refractivity contribution < 1.29 is 4.74 Å². The van der Waals surface area contributed by atoms with Crippen LogP contribution in [0.3, 0.4) is 0 Å². The van der Waals surface area contributed by atoms with Gasteiger partial charge in [-0.1, -0.05) is 13.0 Å². The number of hydrogen-bond donors (Lipinski definition) is 2. The number of nitrogens with one attached hydrogen (secondary N) is 1. The van der Waals surface area contributed by atoms with Gasteiger partial charge in [0.05, 0.1) is 17.0 Å². The van der Waals surface area contributed by atoms with E-state index in [-0.39, 0.29) is 6.10 Å². The third-order valence-corrected chi connectivity index (χ3v) is 5.37. The van der Waals surface area contributed by atoms with Gasteiger partial charge in [-0.05, 0) is 62.8 Å². The maximum Gasteiger partial charge on any atom is 0.222 e. The summed E-state index contributed by atoms with van der Waals surface area (Å²) >= 11 is 0. The molecule has 4 rings (SSSR count). The largest absolute Gasteiger partial charge is 0.490 e. The fraction of sp³-hybridized carbons (Fsp3) is 0.409. The third kappa shape index (κ3) is 4.01. The summed E-state index contributed by atoms with van der Waals surface area (Å²) in [5.74, 6) is 1.54. The molecule has 3 aromatic rings. The molecule has 1 aromatic carbocycles. The number of benzene rings is 1. The number of hydrogen-bond acceptors (Lipinski definition) is 6. The van der Waals surface area contributed by atoms with Crippen LogP contribution in [0.15, 0.2) is 36.7 Å². The first-order chi connectivity index (χ1) is 13.6. The quantitative estimate of drug-likeness (QED) is 0.690. The van der Waals surface area contributed by atoms with Crippen LogP contribution >= 0.6 is 0 Å². The molecule has 1 aliphatic carbocycles. The van der Waals surface area contributed by atoms with Crippen LogP contribution < -0.4 is 15.8 Å². The second-order valence-corrected chi connectivity index (χ2v) is 7.51. The number of ether oxygens (including phenoxy) is 1. The van der Waals surface area contributed by atoms with Gasteiger partial charge in [0.1, 0.15) is 5.75 Å². The molecular formula is C22H27N5O. The van der Waals surface area contributed by atoms with Crippen molar-refractivity contribution in [1.29, 1.82) is 0 Å². The van der Waals surface area contributed by atoms with E-state index in [2.05, 4.69) is 27.2 Å². The van der Waals surface area contributed by atoms with E-state index >= 15 is 0 Å². The molecule has 146 valence electrons. The zero-order valence-electron chi connectivity index (χ0n) is 16.5. The highest BCUT2D eigenvalue weighted by atomic mass is 16.5. The molecule has 2 aromatic heterocycles. The van der Waals surface area contributed by atoms with Crippen molar-refractivity contribution in [2.45, 2.75) is 58.1 Å². The predicted octanol–water partition coefficient (Wildman–Crippen LogP) is 4.28. The minimum atomic E-state index is 0.188. The zero-order valence-corrected chi connectivity index (χ0v) is 16.5. The molecule has 0 unspecified atom stereocenters. The highest BCUT2D eigenvalue weighted by molar-refractivity contribution is 5.95. The van der Waals surface area contributed by atoms with Crippen molar-refractivity contribution in [3.63, 3.8) is 0 Å². The molecule has 0 radical (unpaired) electrons. The molecule has 0 spiro atoms. The maximum absolute atomic E-state index is 6.34. The Hall–Kier alpha value is -2.89. The number of nitrogens with zero attached hydrogens (tertiary/aromatic N) is 3. The Bertz CT molecular complexity index is 949. The molecule has 3 N–H and O–H groups in total. The smallest absolute Gasteiger partial charge is 0.222 e. The molecule has 28 heavy (non-hydrogen) atoms. The van der Waals surface area contributed by atoms with E-state index in [9.17, 15) is 0 Å². The molecule has 0 atom stereocenters. The first kappa shape index (κ1) is 18.5. The molecule has 6 nitrogen and oxygen atoms in total. The molecular weight excluding hydrogens is 350 g/mol. The predicted molar refractivity (Wildman–Crippen MR) is 113 cm³/mol. The summed E-state index contributed by atoms with van der Waals surface area (Å²) < 4.78 is 6.34. The van der Waals surface area contributed by atoms with Gasteiger partial charge < -0.3 is 15.8 Å². The number of aryl methyl sites for hydroxylation is 2. The molecule has 0 bridgehead atoms. The second-order valence-electron chi connectivity index (χ2n) is 7.51. The van der Waals surface area contributed by atoms with Gasteiger partial charge in [-0.2, -0.15) is 0 Å². The number of fused-ring (bicyclic) bond motifs is 1. The summed E-state index contributed by atoms with van der Waals surface area (Å²) in [7, 11) is 0. The van der Waals surface area contributed by atoms with E-state index < -0.39 is 0 Å². The Kier molecular flexibility index (Phi) is 5.28. The van der Waals surface area contributed by atoms with Crippen LogP contribution in [-0.4, -0.2) is 27.1 Å². The van der Waals surface area contributed by atoms with Gasteiger partial charge in [0, 0.05) is 29.8 Å². The van der Waals surface area contributed by atoms with Gasteiger partial charge >= 0.3 is 0 Å². The van der Waals surface area contributed by atoms with E-state index in [1.807, 2.05) is 43.6 Å². The van der Waals surface area contributed by atoms with E-state index in [1.165, 1.54) is 0 Å². The molecule has 2 heterocycles. The molecule has 1 fully saturated rings. The highest BCUT2D eigenvalue weighted by Gasteiger charge is 2.23. The Morgan fingerprint density at radius 3 is 2.61 bits per heavy atom. The summed E-state index contributed by atoms with van der Waals surface area (Å²) in [5, 5.41) is 4.37. The van der Waals surface area contributed by atoms with Crippen LogP contribution in [0.1, 0.15) is 43.9 Å². The first-order valence-electron chi connectivity index (χ1n) is 10.0. The lowest BCUT2D eigenvalue weighted by molar-refractivity contribution is 0.152. The number of anilines is 2. The van der Waals surface area contributed by atoms with Gasteiger partial charge in [-0.3, -0.25) is 4.98 Å². The van der Waals surface area contributed by atoms with Gasteiger partial charge in [0.2, 0.25) is 5.95 Å². The molecule has 0 amide bonds. The van der Waals surface area contributed by atoms with Crippen molar-refractivity contribution in [2.75, 3.05) is 11.1 Å². The monoisotopic (exact) mass is 377 g/mol. The Morgan fingerprint density at radius 1 is 1.14 bits per heavy atom. The van der Waals surface area contributed by atoms with Gasteiger partial charge in [0.15, 0.2) is 0 Å². The summed E-state index contributed by atoms with van der Waals surface area (Å²) in [6, 6.07) is 8.24. The van der Waals surface area contributed by atoms with Crippen LogP contribution in [-0.2, 0) is 6.42 Å². The van der Waals surface area contributed by atoms with Crippen LogP contribution in [0.4, 0.5) is 11.6 Å². The van der Waals surface area contributed by atoms with Crippen LogP contribution in [0.25, 0.3) is 10.9 Å². The van der Waals surface area contributed by atoms with Gasteiger partial charge in [-0.15, -0.1) is 0 Å². The lowest BCUT2D eigenvalue weighted by Crippen LogP contribution is -2.31. The fourth-order valence-electron chi connectivity index (χ4n) is 3.82. The number of nitrogens with two attached hydrogens (primary N) is 1. The average molecular weight is 377 g/mol. The van der Waals surface area contributed by atoms with Crippen molar-refractivity contribution >= 4 is 22.5 Å². The molecule has 0 saturated heterocycles. The fourth-order valence-corrected chi connectivity index (χ4v) is 3.82. The number of aromatic nitrogens is 3. The lowest BCUT2D eigenvalue weighted by Gasteiger charge is -2.30. The number of rotatable bonds is 5. The minimum Gasteiger partial charge on any atom is -0.490 e. The summed E-state index contributed by atoms with van der Waals surface area (Å²) in [6.07, 6.45) is 8.96. The van der Waals surface area contributed by atoms with Crippen LogP contribution in [0, 0.1) is 6.92 Å². The van der Waals surface area contributed by atoms with E-state index in [0.717, 1.165) is 65.7 Å². The lowest BCUT2D eigenvalue weighted by atomic mass is 9.93. The summed E-state index contributed by atoms with van der Waals surface area (Å²) in [5.41, 5.74) is 9.93. The van der Waals surface area contributed by atoms with E-state index in [0.29, 0.717) is 12.0 Å². The standard InChI is InChI=1S/C22H27N5O/c1-3-15-12-24-22(25-13-15)27-16-7-9-17(10-8-16)28-20-6-4-5-19-21(20)18(23)11-14(2)26-19/h4-6,11-13,16-17H,3,7-10H2,1-2H3,(H2,23,26)(H,24,25,27)/t16-,17-. The average Bonchev–Trinajstić information content (AvgIpc) is 2.70. The normalized spacial score (nSPS) is 19.5. The van der Waals surface area contributed by atoms with Crippen molar-refractivity contribution in [3.05, 3.63) is 47.9 Å². The first-order valence-corrected chi connectivity index (χ1v) is 10.0. The molecule has 0 aliphatic heterocycles. The number of nitrogen functional groups attached to an aromatic ring is 1. The Morgan fingerprint density at radius 2 is 1.89 bits per heavy atom. The summed E-state index contributed by atoms with van der Waals surface area (Å²) in [6.45, 7) is 4.06. The zero-order chi connectivity index (χ0) is 19.5. The second kappa shape index (κ2) is 8.00. The topological polar surface area (TPSA) is 86.0 Å². The summed E-state index contributed by atoms with van der Waals surface area (Å²) in [4.78, 5) is 13.4. The maximum atomic E-state index is 6.34.